The van der Waals surface area contributed by atoms with Crippen LogP contribution in [0.2, 0.25) is 5.02 Å². The molecule has 3 aromatic rings. The lowest BCUT2D eigenvalue weighted by Gasteiger charge is -2.26. The van der Waals surface area contributed by atoms with Crippen LogP contribution in [0.3, 0.4) is 0 Å². The average Bonchev–Trinajstić information content (AvgIpc) is 3.24. The number of hydrogen-bond acceptors (Lipinski definition) is 4. The van der Waals surface area contributed by atoms with E-state index in [1.807, 2.05) is 0 Å². The third kappa shape index (κ3) is 4.95. The van der Waals surface area contributed by atoms with Crippen molar-refractivity contribution in [3.8, 4) is 0 Å². The fourth-order valence-corrected chi connectivity index (χ4v) is 5.93. The van der Waals surface area contributed by atoms with Gasteiger partial charge in [-0.05, 0) is 48.7 Å². The zero-order chi connectivity index (χ0) is 23.6. The van der Waals surface area contributed by atoms with E-state index in [1.54, 1.807) is 36.1 Å². The van der Waals surface area contributed by atoms with Gasteiger partial charge in [-0.3, -0.25) is 4.79 Å². The molecule has 10 heteroatoms. The molecular weight excluding hydrogens is 467 g/mol. The molecule has 1 fully saturated rings. The number of benzene rings is 2. The molecule has 174 valence electrons. The number of nitrogens with zero attached hydrogens (tertiary/aromatic N) is 3. The van der Waals surface area contributed by atoms with Gasteiger partial charge in [0.05, 0.1) is 5.02 Å². The predicted octanol–water partition coefficient (Wildman–Crippen LogP) is 3.91. The second-order valence-electron chi connectivity index (χ2n) is 7.96. The van der Waals surface area contributed by atoms with E-state index >= 15 is 0 Å². The van der Waals surface area contributed by atoms with E-state index in [0.717, 1.165) is 19.3 Å². The van der Waals surface area contributed by atoms with Crippen LogP contribution in [0.1, 0.15) is 47.1 Å². The Morgan fingerprint density at radius 3 is 2.45 bits per heavy atom. The molecule has 1 aliphatic heterocycles. The SMILES string of the molecule is Cn1ccnc1[C@@H](NC(=O)c1ccc(Cl)c(S(=O)(=O)N2CCCCC2)c1)c1ccc(F)cc1. The van der Waals surface area contributed by atoms with Crippen LogP contribution in [-0.4, -0.2) is 41.3 Å². The normalized spacial score (nSPS) is 15.8. The van der Waals surface area contributed by atoms with Gasteiger partial charge in [-0.15, -0.1) is 0 Å². The van der Waals surface area contributed by atoms with Gasteiger partial charge in [0.25, 0.3) is 5.91 Å². The van der Waals surface area contributed by atoms with Gasteiger partial charge in [0.15, 0.2) is 0 Å². The summed E-state index contributed by atoms with van der Waals surface area (Å²) in [6, 6.07) is 9.30. The van der Waals surface area contributed by atoms with Crippen LogP contribution in [-0.2, 0) is 17.1 Å². The van der Waals surface area contributed by atoms with Crippen molar-refractivity contribution in [2.24, 2.45) is 7.05 Å². The van der Waals surface area contributed by atoms with Crippen LogP contribution in [0.4, 0.5) is 4.39 Å². The van der Waals surface area contributed by atoms with Gasteiger partial charge in [-0.25, -0.2) is 17.8 Å². The number of piperidine rings is 1. The molecule has 2 heterocycles. The summed E-state index contributed by atoms with van der Waals surface area (Å²) < 4.78 is 42.9. The molecule has 0 bridgehead atoms. The molecule has 1 aromatic heterocycles. The number of nitrogens with one attached hydrogen (secondary N) is 1. The molecule has 4 rings (SSSR count). The van der Waals surface area contributed by atoms with E-state index in [4.69, 9.17) is 11.6 Å². The molecule has 0 aliphatic carbocycles. The van der Waals surface area contributed by atoms with Crippen LogP contribution >= 0.6 is 11.6 Å². The highest BCUT2D eigenvalue weighted by molar-refractivity contribution is 7.89. The van der Waals surface area contributed by atoms with Crippen molar-refractivity contribution in [2.45, 2.75) is 30.2 Å². The number of sulfonamides is 1. The number of carbonyl (C=O) groups excluding carboxylic acids is 1. The van der Waals surface area contributed by atoms with Crippen LogP contribution in [0, 0.1) is 5.82 Å². The highest BCUT2D eigenvalue weighted by Crippen LogP contribution is 2.28. The average molecular weight is 491 g/mol. The summed E-state index contributed by atoms with van der Waals surface area (Å²) in [5, 5.41) is 2.96. The molecule has 1 atom stereocenters. The Morgan fingerprint density at radius 2 is 1.82 bits per heavy atom. The quantitative estimate of drug-likeness (QED) is 0.568. The van der Waals surface area contributed by atoms with Crippen molar-refractivity contribution in [1.82, 2.24) is 19.2 Å². The van der Waals surface area contributed by atoms with E-state index in [0.29, 0.717) is 24.5 Å². The first-order valence-corrected chi connectivity index (χ1v) is 12.4. The standard InChI is InChI=1S/C23H24ClFN4O3S/c1-28-14-11-26-22(28)21(16-5-8-18(25)9-6-16)27-23(30)17-7-10-19(24)20(15-17)33(31,32)29-12-3-2-4-13-29/h5-11,14-15,21H,2-4,12-13H2,1H3,(H,27,30)/t21-/m0/s1. The van der Waals surface area contributed by atoms with Gasteiger partial charge in [-0.1, -0.05) is 30.2 Å². The Balaban J connectivity index is 1.66. The lowest BCUT2D eigenvalue weighted by Crippen LogP contribution is -2.36. The maximum atomic E-state index is 13.5. The van der Waals surface area contributed by atoms with Gasteiger partial charge in [-0.2, -0.15) is 4.31 Å². The largest absolute Gasteiger partial charge is 0.338 e. The Hall–Kier alpha value is -2.75. The number of aromatic nitrogens is 2. The molecular formula is C23H24ClFN4O3S. The van der Waals surface area contributed by atoms with Crippen LogP contribution in [0.25, 0.3) is 0 Å². The first-order valence-electron chi connectivity index (χ1n) is 10.6. The summed E-state index contributed by atoms with van der Waals surface area (Å²) in [6.45, 7) is 0.863. The summed E-state index contributed by atoms with van der Waals surface area (Å²) in [5.74, 6) is -0.349. The molecule has 1 aliphatic rings. The maximum absolute atomic E-state index is 13.5. The fraction of sp³-hybridized carbons (Fsp3) is 0.304. The molecule has 33 heavy (non-hydrogen) atoms. The fourth-order valence-electron chi connectivity index (χ4n) is 3.91. The summed E-state index contributed by atoms with van der Waals surface area (Å²) in [4.78, 5) is 17.4. The van der Waals surface area contributed by atoms with Crippen molar-refractivity contribution in [1.29, 1.82) is 0 Å². The summed E-state index contributed by atoms with van der Waals surface area (Å²) in [7, 11) is -2.03. The number of halogens is 2. The van der Waals surface area contributed by atoms with Gasteiger partial charge < -0.3 is 9.88 Å². The number of aryl methyl sites for hydroxylation is 1. The molecule has 0 saturated carbocycles. The Labute approximate surface area is 197 Å². The van der Waals surface area contributed by atoms with E-state index < -0.39 is 27.8 Å². The Morgan fingerprint density at radius 1 is 1.12 bits per heavy atom. The Kier molecular flexibility index (Phi) is 6.83. The van der Waals surface area contributed by atoms with Gasteiger partial charge in [0.1, 0.15) is 22.6 Å². The number of imidazole rings is 1. The smallest absolute Gasteiger partial charge is 0.252 e. The molecule has 0 unspecified atom stereocenters. The first kappa shape index (κ1) is 23.4. The van der Waals surface area contributed by atoms with Crippen LogP contribution < -0.4 is 5.32 Å². The molecule has 7 nitrogen and oxygen atoms in total. The predicted molar refractivity (Wildman–Crippen MR) is 123 cm³/mol. The van der Waals surface area contributed by atoms with Crippen LogP contribution in [0.5, 0.6) is 0 Å². The third-order valence-electron chi connectivity index (χ3n) is 5.72. The second-order valence-corrected chi connectivity index (χ2v) is 10.3. The lowest BCUT2D eigenvalue weighted by atomic mass is 10.1. The van der Waals surface area contributed by atoms with E-state index in [9.17, 15) is 17.6 Å². The van der Waals surface area contributed by atoms with Crippen molar-refractivity contribution < 1.29 is 17.6 Å². The second kappa shape index (κ2) is 9.62. The monoisotopic (exact) mass is 490 g/mol. The minimum absolute atomic E-state index is 0.0660. The number of rotatable bonds is 6. The maximum Gasteiger partial charge on any atom is 0.252 e. The minimum atomic E-state index is -3.82. The lowest BCUT2D eigenvalue weighted by molar-refractivity contribution is 0.0941. The highest BCUT2D eigenvalue weighted by atomic mass is 35.5. The summed E-state index contributed by atoms with van der Waals surface area (Å²) in [5.41, 5.74) is 0.783. The summed E-state index contributed by atoms with van der Waals surface area (Å²) in [6.07, 6.45) is 5.91. The first-order chi connectivity index (χ1) is 15.8. The highest BCUT2D eigenvalue weighted by Gasteiger charge is 2.29. The van der Waals surface area contributed by atoms with Crippen molar-refractivity contribution in [2.75, 3.05) is 13.1 Å². The topological polar surface area (TPSA) is 84.3 Å². The minimum Gasteiger partial charge on any atom is -0.338 e. The number of carbonyl (C=O) groups is 1. The van der Waals surface area contributed by atoms with Crippen molar-refractivity contribution >= 4 is 27.5 Å². The molecule has 0 spiro atoms. The molecule has 0 radical (unpaired) electrons. The molecule has 1 saturated heterocycles. The zero-order valence-corrected chi connectivity index (χ0v) is 19.6. The third-order valence-corrected chi connectivity index (χ3v) is 8.10. The van der Waals surface area contributed by atoms with Gasteiger partial charge in [0.2, 0.25) is 10.0 Å². The van der Waals surface area contributed by atoms with Crippen LogP contribution in [0.15, 0.2) is 59.8 Å². The Bertz CT molecular complexity index is 1250. The van der Waals surface area contributed by atoms with Gasteiger partial charge in [0, 0.05) is 38.1 Å². The van der Waals surface area contributed by atoms with Crippen molar-refractivity contribution in [3.05, 3.63) is 82.6 Å². The van der Waals surface area contributed by atoms with E-state index in [1.165, 1.54) is 34.6 Å². The number of amides is 1. The summed E-state index contributed by atoms with van der Waals surface area (Å²) >= 11 is 6.24. The number of hydrogen-bond donors (Lipinski definition) is 1. The molecule has 1 N–H and O–H groups in total. The molecule has 1 amide bonds. The molecule has 2 aromatic carbocycles. The van der Waals surface area contributed by atoms with Gasteiger partial charge >= 0.3 is 0 Å². The van der Waals surface area contributed by atoms with E-state index in [2.05, 4.69) is 10.3 Å². The van der Waals surface area contributed by atoms with Crippen molar-refractivity contribution in [3.63, 3.8) is 0 Å². The van der Waals surface area contributed by atoms with E-state index in [-0.39, 0.29) is 15.5 Å². The zero-order valence-electron chi connectivity index (χ0n) is 18.0.